The fourth-order valence-electron chi connectivity index (χ4n) is 2.18. The molecule has 11 heavy (non-hydrogen) atoms. The van der Waals surface area contributed by atoms with Gasteiger partial charge in [-0.25, -0.2) is 4.39 Å². The highest BCUT2D eigenvalue weighted by Crippen LogP contribution is 2.56. The lowest BCUT2D eigenvalue weighted by Gasteiger charge is -2.22. The van der Waals surface area contributed by atoms with E-state index in [1.54, 1.807) is 0 Å². The summed E-state index contributed by atoms with van der Waals surface area (Å²) in [7, 11) is 1.96. The first kappa shape index (κ1) is 7.53. The van der Waals surface area contributed by atoms with Crippen LogP contribution in [0.2, 0.25) is 0 Å². The number of nitrogens with one attached hydrogen (secondary N) is 1. The molecule has 0 amide bonds. The Morgan fingerprint density at radius 1 is 1.55 bits per heavy atom. The van der Waals surface area contributed by atoms with Crippen LogP contribution < -0.4 is 5.32 Å². The number of hydrogen-bond acceptors (Lipinski definition) is 1. The molecule has 2 rings (SSSR count). The molecule has 2 aliphatic rings. The van der Waals surface area contributed by atoms with E-state index in [9.17, 15) is 4.39 Å². The summed E-state index contributed by atoms with van der Waals surface area (Å²) in [6, 6.07) is 0.442. The number of hydrogen-bond donors (Lipinski definition) is 1. The lowest BCUT2D eigenvalue weighted by atomic mass is 9.94. The Labute approximate surface area is 67.4 Å². The minimum Gasteiger partial charge on any atom is -0.316 e. The molecule has 64 valence electrons. The molecule has 0 aromatic heterocycles. The third-order valence-electron chi connectivity index (χ3n) is 3.29. The lowest BCUT2D eigenvalue weighted by molar-refractivity contribution is 0.277. The highest BCUT2D eigenvalue weighted by Gasteiger charge is 2.59. The van der Waals surface area contributed by atoms with E-state index in [1.807, 2.05) is 7.05 Å². The van der Waals surface area contributed by atoms with Crippen LogP contribution >= 0.6 is 0 Å². The SMILES string of the molecule is CNC(C1CC1)C1(C)CC1F. The summed E-state index contributed by atoms with van der Waals surface area (Å²) < 4.78 is 12.9. The maximum Gasteiger partial charge on any atom is 0.108 e. The van der Waals surface area contributed by atoms with Crippen LogP contribution in [0.15, 0.2) is 0 Å². The Morgan fingerprint density at radius 3 is 2.36 bits per heavy atom. The predicted octanol–water partition coefficient (Wildman–Crippen LogP) is 1.73. The molecule has 2 heteroatoms. The van der Waals surface area contributed by atoms with E-state index in [-0.39, 0.29) is 5.41 Å². The number of alkyl halides is 1. The lowest BCUT2D eigenvalue weighted by Crippen LogP contribution is -2.36. The van der Waals surface area contributed by atoms with Crippen molar-refractivity contribution in [2.75, 3.05) is 7.05 Å². The smallest absolute Gasteiger partial charge is 0.108 e. The quantitative estimate of drug-likeness (QED) is 0.658. The summed E-state index contributed by atoms with van der Waals surface area (Å²) in [5, 5.41) is 3.26. The highest BCUT2D eigenvalue weighted by molar-refractivity contribution is 5.11. The van der Waals surface area contributed by atoms with Crippen LogP contribution in [0.5, 0.6) is 0 Å². The molecule has 0 aliphatic heterocycles. The number of rotatable bonds is 3. The normalized spacial score (nSPS) is 45.5. The molecule has 2 fully saturated rings. The monoisotopic (exact) mass is 157 g/mol. The molecule has 0 saturated heterocycles. The Bertz CT molecular complexity index is 167. The third-order valence-corrected chi connectivity index (χ3v) is 3.29. The van der Waals surface area contributed by atoms with E-state index in [1.165, 1.54) is 12.8 Å². The molecule has 1 N–H and O–H groups in total. The second-order valence-corrected chi connectivity index (χ2v) is 4.28. The molecular weight excluding hydrogens is 141 g/mol. The van der Waals surface area contributed by atoms with Crippen molar-refractivity contribution in [2.45, 2.75) is 38.4 Å². The van der Waals surface area contributed by atoms with E-state index in [2.05, 4.69) is 12.2 Å². The van der Waals surface area contributed by atoms with Crippen LogP contribution in [0.3, 0.4) is 0 Å². The second kappa shape index (κ2) is 2.19. The summed E-state index contributed by atoms with van der Waals surface area (Å²) in [5.41, 5.74) is -0.0179. The zero-order valence-electron chi connectivity index (χ0n) is 7.23. The van der Waals surface area contributed by atoms with Crippen molar-refractivity contribution < 1.29 is 4.39 Å². The van der Waals surface area contributed by atoms with Crippen molar-refractivity contribution in [2.24, 2.45) is 11.3 Å². The van der Waals surface area contributed by atoms with Gasteiger partial charge in [0.2, 0.25) is 0 Å². The Balaban J connectivity index is 2.00. The molecule has 1 nitrogen and oxygen atoms in total. The van der Waals surface area contributed by atoms with Crippen molar-refractivity contribution >= 4 is 0 Å². The van der Waals surface area contributed by atoms with Gasteiger partial charge in [-0.15, -0.1) is 0 Å². The van der Waals surface area contributed by atoms with Gasteiger partial charge in [-0.3, -0.25) is 0 Å². The van der Waals surface area contributed by atoms with Gasteiger partial charge in [-0.05, 0) is 32.2 Å². The zero-order valence-corrected chi connectivity index (χ0v) is 7.23. The topological polar surface area (TPSA) is 12.0 Å². The van der Waals surface area contributed by atoms with Gasteiger partial charge in [0.1, 0.15) is 6.17 Å². The molecule has 0 heterocycles. The molecular formula is C9H16FN. The summed E-state index contributed by atoms with van der Waals surface area (Å²) in [4.78, 5) is 0. The van der Waals surface area contributed by atoms with Crippen molar-refractivity contribution in [3.8, 4) is 0 Å². The molecule has 0 spiro atoms. The summed E-state index contributed by atoms with van der Waals surface area (Å²) in [5.74, 6) is 0.769. The molecule has 0 bridgehead atoms. The van der Waals surface area contributed by atoms with Crippen molar-refractivity contribution in [1.29, 1.82) is 0 Å². The van der Waals surface area contributed by atoms with Gasteiger partial charge in [-0.2, -0.15) is 0 Å². The second-order valence-electron chi connectivity index (χ2n) is 4.28. The van der Waals surface area contributed by atoms with E-state index in [0.717, 1.165) is 12.3 Å². The average molecular weight is 157 g/mol. The van der Waals surface area contributed by atoms with Crippen LogP contribution in [-0.2, 0) is 0 Å². The average Bonchev–Trinajstić information content (AvgIpc) is 2.78. The van der Waals surface area contributed by atoms with Gasteiger partial charge in [-0.1, -0.05) is 6.92 Å². The first-order valence-electron chi connectivity index (χ1n) is 4.50. The van der Waals surface area contributed by atoms with Crippen LogP contribution in [0.25, 0.3) is 0 Å². The molecule has 0 aromatic carbocycles. The van der Waals surface area contributed by atoms with Crippen molar-refractivity contribution in [3.05, 3.63) is 0 Å². The Kier molecular flexibility index (Phi) is 1.50. The summed E-state index contributed by atoms with van der Waals surface area (Å²) in [6.45, 7) is 2.07. The van der Waals surface area contributed by atoms with Gasteiger partial charge in [0.05, 0.1) is 0 Å². The van der Waals surface area contributed by atoms with Crippen LogP contribution in [0.1, 0.15) is 26.2 Å². The fourth-order valence-corrected chi connectivity index (χ4v) is 2.18. The maximum absolute atomic E-state index is 12.9. The largest absolute Gasteiger partial charge is 0.316 e. The number of halogens is 1. The van der Waals surface area contributed by atoms with Crippen LogP contribution in [-0.4, -0.2) is 19.3 Å². The first-order valence-corrected chi connectivity index (χ1v) is 4.50. The van der Waals surface area contributed by atoms with Gasteiger partial charge in [0.25, 0.3) is 0 Å². The molecule has 0 radical (unpaired) electrons. The molecule has 2 saturated carbocycles. The predicted molar refractivity (Wildman–Crippen MR) is 43.2 cm³/mol. The van der Waals surface area contributed by atoms with Crippen LogP contribution in [0.4, 0.5) is 4.39 Å². The summed E-state index contributed by atoms with van der Waals surface area (Å²) >= 11 is 0. The first-order chi connectivity index (χ1) is 5.18. The van der Waals surface area contributed by atoms with Gasteiger partial charge in [0, 0.05) is 11.5 Å². The molecule has 3 atom stereocenters. The minimum absolute atomic E-state index is 0.0179. The summed E-state index contributed by atoms with van der Waals surface area (Å²) in [6.07, 6.45) is 2.83. The van der Waals surface area contributed by atoms with E-state index in [4.69, 9.17) is 0 Å². The van der Waals surface area contributed by atoms with Crippen molar-refractivity contribution in [3.63, 3.8) is 0 Å². The Hall–Kier alpha value is -0.110. The minimum atomic E-state index is -0.541. The molecule has 0 aromatic rings. The van der Waals surface area contributed by atoms with Crippen molar-refractivity contribution in [1.82, 2.24) is 5.32 Å². The van der Waals surface area contributed by atoms with Gasteiger partial charge in [0.15, 0.2) is 0 Å². The van der Waals surface area contributed by atoms with E-state index < -0.39 is 6.17 Å². The van der Waals surface area contributed by atoms with Gasteiger partial charge < -0.3 is 5.32 Å². The van der Waals surface area contributed by atoms with Gasteiger partial charge >= 0.3 is 0 Å². The molecule has 2 aliphatic carbocycles. The van der Waals surface area contributed by atoms with E-state index in [0.29, 0.717) is 6.04 Å². The molecule has 3 unspecified atom stereocenters. The Morgan fingerprint density at radius 2 is 2.09 bits per heavy atom. The standard InChI is InChI=1S/C9H16FN/c1-9(5-7(9)10)8(11-2)6-3-4-6/h6-8,11H,3-5H2,1-2H3. The van der Waals surface area contributed by atoms with E-state index >= 15 is 0 Å². The highest BCUT2D eigenvalue weighted by atomic mass is 19.1. The third kappa shape index (κ3) is 1.08. The zero-order chi connectivity index (χ0) is 8.06. The van der Waals surface area contributed by atoms with Crippen LogP contribution in [0, 0.1) is 11.3 Å². The fraction of sp³-hybridized carbons (Fsp3) is 1.00. The maximum atomic E-state index is 12.9.